The third kappa shape index (κ3) is 6.82. The second-order valence-corrected chi connectivity index (χ2v) is 10.4. The van der Waals surface area contributed by atoms with E-state index >= 15 is 0 Å². The summed E-state index contributed by atoms with van der Waals surface area (Å²) in [7, 11) is -0.818. The van der Waals surface area contributed by atoms with E-state index < -0.39 is 7.41 Å². The van der Waals surface area contributed by atoms with Gasteiger partial charge in [0.05, 0.1) is 0 Å². The molecule has 0 spiro atoms. The number of hydrogen-bond donors (Lipinski definition) is 1. The van der Waals surface area contributed by atoms with Crippen molar-refractivity contribution < 1.29 is 0 Å². The van der Waals surface area contributed by atoms with Gasteiger partial charge in [-0.1, -0.05) is 0 Å². The monoisotopic (exact) mass is 153 g/mol. The van der Waals surface area contributed by atoms with E-state index in [9.17, 15) is 0 Å². The molecule has 0 atom stereocenters. The summed E-state index contributed by atoms with van der Waals surface area (Å²) in [5, 5.41) is 0. The molecule has 8 heavy (non-hydrogen) atoms. The molecule has 0 aromatic heterocycles. The summed E-state index contributed by atoms with van der Waals surface area (Å²) in [4.78, 5) is 3.59. The summed E-state index contributed by atoms with van der Waals surface area (Å²) >= 11 is 0. The summed E-state index contributed by atoms with van der Waals surface area (Å²) in [6.45, 7) is 11.5. The van der Waals surface area contributed by atoms with Gasteiger partial charge in [-0.3, -0.25) is 0 Å². The molecule has 0 rings (SSSR count). The topological polar surface area (TPSA) is 12.0 Å². The zero-order chi connectivity index (χ0) is 6.78. The van der Waals surface area contributed by atoms with E-state index in [4.69, 9.17) is 0 Å². The van der Waals surface area contributed by atoms with E-state index in [1.807, 2.05) is 0 Å². The predicted octanol–water partition coefficient (Wildman–Crippen LogP) is 1.79. The van der Waals surface area contributed by atoms with Gasteiger partial charge in [-0.15, -0.1) is 0 Å². The van der Waals surface area contributed by atoms with Gasteiger partial charge in [0, 0.05) is 0 Å². The van der Waals surface area contributed by atoms with Crippen LogP contribution in [-0.2, 0) is 0 Å². The molecule has 0 bridgehead atoms. The molecule has 1 nitrogen and oxygen atoms in total. The minimum atomic E-state index is -0.941. The first-order chi connectivity index (χ1) is 3.42. The predicted molar refractivity (Wildman–Crippen MR) is 48.0 cm³/mol. The molecule has 0 unspecified atom stereocenters. The second-order valence-electron chi connectivity index (χ2n) is 3.26. The third-order valence-corrected chi connectivity index (χ3v) is 5.03. The number of rotatable bonds is 2. The summed E-state index contributed by atoms with van der Waals surface area (Å²) in [5.41, 5.74) is 0. The molecule has 0 aromatic rings. The molecular formula is C5H17NP2. The molecule has 0 radical (unpaired) electrons. The summed E-state index contributed by atoms with van der Waals surface area (Å²) in [6.07, 6.45) is 0. The quantitative estimate of drug-likeness (QED) is 0.596. The normalized spacial score (nSPS) is 14.8. The van der Waals surface area contributed by atoms with Crippen LogP contribution in [0.3, 0.4) is 0 Å². The van der Waals surface area contributed by atoms with Crippen LogP contribution >= 0.6 is 15.5 Å². The Labute approximate surface area is 54.4 Å². The van der Waals surface area contributed by atoms with Crippen molar-refractivity contribution in [2.45, 2.75) is 0 Å². The summed E-state index contributed by atoms with van der Waals surface area (Å²) in [6, 6.07) is 0. The van der Waals surface area contributed by atoms with Crippen LogP contribution < -0.4 is 4.86 Å². The summed E-state index contributed by atoms with van der Waals surface area (Å²) in [5.74, 6) is 0. The van der Waals surface area contributed by atoms with E-state index in [-0.39, 0.29) is 8.07 Å². The van der Waals surface area contributed by atoms with Crippen LogP contribution in [0, 0.1) is 0 Å². The first-order valence-electron chi connectivity index (χ1n) is 2.87. The Hall–Kier alpha value is 0.820. The van der Waals surface area contributed by atoms with Gasteiger partial charge in [0.2, 0.25) is 0 Å². The van der Waals surface area contributed by atoms with Crippen LogP contribution in [0.2, 0.25) is 0 Å². The Morgan fingerprint density at radius 1 is 1.12 bits per heavy atom. The molecule has 0 heterocycles. The fourth-order valence-corrected chi connectivity index (χ4v) is 6.04. The van der Waals surface area contributed by atoms with Gasteiger partial charge in [-0.05, 0) is 0 Å². The van der Waals surface area contributed by atoms with Gasteiger partial charge in [0.15, 0.2) is 0 Å². The SMILES string of the molecule is CP(C)N[PH](C)(C)C. The van der Waals surface area contributed by atoms with Crippen molar-refractivity contribution >= 4 is 15.5 Å². The zero-order valence-corrected chi connectivity index (χ0v) is 8.34. The molecule has 0 amide bonds. The Balaban J connectivity index is 3.39. The Morgan fingerprint density at radius 2 is 1.50 bits per heavy atom. The van der Waals surface area contributed by atoms with E-state index in [2.05, 4.69) is 38.2 Å². The van der Waals surface area contributed by atoms with Crippen LogP contribution in [-0.4, -0.2) is 33.3 Å². The molecule has 3 heteroatoms. The van der Waals surface area contributed by atoms with Gasteiger partial charge < -0.3 is 0 Å². The van der Waals surface area contributed by atoms with Crippen molar-refractivity contribution in [3.8, 4) is 0 Å². The van der Waals surface area contributed by atoms with Crippen molar-refractivity contribution in [2.75, 3.05) is 33.3 Å². The maximum atomic E-state index is 3.59. The molecule has 0 aliphatic rings. The van der Waals surface area contributed by atoms with Crippen molar-refractivity contribution in [2.24, 2.45) is 0 Å². The molecule has 0 aliphatic heterocycles. The van der Waals surface area contributed by atoms with Crippen LogP contribution in [0.5, 0.6) is 0 Å². The molecule has 0 aromatic carbocycles. The van der Waals surface area contributed by atoms with Gasteiger partial charge >= 0.3 is 53.7 Å². The van der Waals surface area contributed by atoms with Crippen molar-refractivity contribution in [1.82, 2.24) is 4.86 Å². The van der Waals surface area contributed by atoms with Gasteiger partial charge in [-0.2, -0.15) is 0 Å². The van der Waals surface area contributed by atoms with Gasteiger partial charge in [0.1, 0.15) is 0 Å². The fraction of sp³-hybridized carbons (Fsp3) is 1.00. The van der Waals surface area contributed by atoms with E-state index in [0.717, 1.165) is 0 Å². The van der Waals surface area contributed by atoms with Gasteiger partial charge in [0.25, 0.3) is 0 Å². The molecule has 0 fully saturated rings. The Bertz CT molecular complexity index is 65.3. The van der Waals surface area contributed by atoms with E-state index in [1.54, 1.807) is 0 Å². The molecule has 0 saturated carbocycles. The first-order valence-corrected chi connectivity index (χ1v) is 8.60. The Kier molecular flexibility index (Phi) is 3.43. The van der Waals surface area contributed by atoms with E-state index in [1.165, 1.54) is 0 Å². The van der Waals surface area contributed by atoms with Gasteiger partial charge in [-0.25, -0.2) is 0 Å². The molecule has 0 aliphatic carbocycles. The van der Waals surface area contributed by atoms with Crippen LogP contribution in [0.15, 0.2) is 0 Å². The Morgan fingerprint density at radius 3 is 1.50 bits per heavy atom. The molecule has 0 saturated heterocycles. The zero-order valence-electron chi connectivity index (χ0n) is 6.45. The average molecular weight is 153 g/mol. The third-order valence-electron chi connectivity index (χ3n) is 0.559. The standard InChI is InChI=1S/C5H17NP2/c1-7(2)6-8(3,4)5/h6,8H,1-5H3. The number of nitrogens with one attached hydrogen (secondary N) is 1. The van der Waals surface area contributed by atoms with Crippen molar-refractivity contribution in [1.29, 1.82) is 0 Å². The first kappa shape index (κ1) is 8.82. The fourth-order valence-electron chi connectivity index (χ4n) is 0.671. The average Bonchev–Trinajstić information content (AvgIpc) is 1.21. The van der Waals surface area contributed by atoms with Crippen LogP contribution in [0.25, 0.3) is 0 Å². The minimum absolute atomic E-state index is 0.123. The number of hydrogen-bond acceptors (Lipinski definition) is 1. The van der Waals surface area contributed by atoms with E-state index in [0.29, 0.717) is 0 Å². The van der Waals surface area contributed by atoms with Crippen molar-refractivity contribution in [3.63, 3.8) is 0 Å². The van der Waals surface area contributed by atoms with Crippen LogP contribution in [0.1, 0.15) is 0 Å². The van der Waals surface area contributed by atoms with Crippen LogP contribution in [0.4, 0.5) is 0 Å². The summed E-state index contributed by atoms with van der Waals surface area (Å²) < 4.78 is 0. The molecular weight excluding hydrogens is 136 g/mol. The second kappa shape index (κ2) is 3.11. The molecule has 52 valence electrons. The maximum absolute atomic E-state index is 3.59. The molecule has 1 N–H and O–H groups in total. The van der Waals surface area contributed by atoms with Crippen molar-refractivity contribution in [3.05, 3.63) is 0 Å².